The highest BCUT2D eigenvalue weighted by molar-refractivity contribution is 7.74. The van der Waals surface area contributed by atoms with E-state index in [1.165, 1.54) is 24.3 Å². The fraction of sp³-hybridized carbons (Fsp3) is 0.143. The monoisotopic (exact) mass is 217 g/mol. The van der Waals surface area contributed by atoms with Crippen LogP contribution in [-0.4, -0.2) is 13.7 Å². The summed E-state index contributed by atoms with van der Waals surface area (Å²) in [6.07, 6.45) is 0. The van der Waals surface area contributed by atoms with E-state index in [0.717, 1.165) is 0 Å². The van der Waals surface area contributed by atoms with Gasteiger partial charge in [0.15, 0.2) is 0 Å². The van der Waals surface area contributed by atoms with Gasteiger partial charge in [0.1, 0.15) is 0 Å². The van der Waals surface area contributed by atoms with E-state index < -0.39 is 16.3 Å². The van der Waals surface area contributed by atoms with Crippen LogP contribution in [-0.2, 0) is 22.2 Å². The Morgan fingerprint density at radius 1 is 1.43 bits per heavy atom. The van der Waals surface area contributed by atoms with Gasteiger partial charge in [-0.3, -0.25) is 18.9 Å². The lowest BCUT2D eigenvalue weighted by molar-refractivity contribution is -0.384. The molecule has 0 aliphatic heterocycles. The Hall–Kier alpha value is -1.31. The molecule has 0 bridgehead atoms. The van der Waals surface area contributed by atoms with E-state index in [4.69, 9.17) is 4.55 Å². The molecule has 0 heterocycles. The summed E-state index contributed by atoms with van der Waals surface area (Å²) >= 11 is -2.31. The first kappa shape index (κ1) is 10.8. The van der Waals surface area contributed by atoms with Gasteiger partial charge in [-0.1, -0.05) is 0 Å². The lowest BCUT2D eigenvalue weighted by Gasteiger charge is -1.98. The lowest BCUT2D eigenvalue weighted by atomic mass is 10.2. The van der Waals surface area contributed by atoms with Crippen molar-refractivity contribution in [2.45, 2.75) is 6.61 Å². The molecular formula is C7H7NO5S. The van der Waals surface area contributed by atoms with E-state index >= 15 is 0 Å². The van der Waals surface area contributed by atoms with Gasteiger partial charge in [0.05, 0.1) is 11.5 Å². The Morgan fingerprint density at radius 2 is 2.00 bits per heavy atom. The second kappa shape index (κ2) is 4.80. The maximum Gasteiger partial charge on any atom is 0.302 e. The van der Waals surface area contributed by atoms with E-state index in [1.807, 2.05) is 0 Å². The second-order valence-corrected chi connectivity index (χ2v) is 3.07. The largest absolute Gasteiger partial charge is 0.302 e. The summed E-state index contributed by atoms with van der Waals surface area (Å²) < 4.78 is 22.8. The Morgan fingerprint density at radius 3 is 2.43 bits per heavy atom. The summed E-state index contributed by atoms with van der Waals surface area (Å²) in [5.41, 5.74) is 0.567. The molecule has 0 saturated carbocycles. The summed E-state index contributed by atoms with van der Waals surface area (Å²) in [6, 6.07) is 5.54. The van der Waals surface area contributed by atoms with Gasteiger partial charge in [0, 0.05) is 12.1 Å². The summed E-state index contributed by atoms with van der Waals surface area (Å²) in [6.45, 7) is -0.0545. The first-order valence-corrected chi connectivity index (χ1v) is 4.60. The van der Waals surface area contributed by atoms with Gasteiger partial charge in [-0.25, -0.2) is 0 Å². The molecule has 0 radical (unpaired) electrons. The molecule has 1 unspecified atom stereocenters. The molecule has 0 spiro atoms. The summed E-state index contributed by atoms with van der Waals surface area (Å²) in [5, 5.41) is 10.3. The third-order valence-corrected chi connectivity index (χ3v) is 1.79. The zero-order valence-electron chi connectivity index (χ0n) is 6.95. The normalized spacial score (nSPS) is 12.4. The Kier molecular flexibility index (Phi) is 3.69. The van der Waals surface area contributed by atoms with Crippen LogP contribution in [0.3, 0.4) is 0 Å². The molecule has 7 heteroatoms. The molecule has 14 heavy (non-hydrogen) atoms. The smallest absolute Gasteiger partial charge is 0.284 e. The van der Waals surface area contributed by atoms with Crippen LogP contribution in [0.25, 0.3) is 0 Å². The molecule has 0 aliphatic carbocycles. The van der Waals surface area contributed by atoms with E-state index in [0.29, 0.717) is 5.56 Å². The van der Waals surface area contributed by atoms with Crippen LogP contribution in [0.5, 0.6) is 0 Å². The fourth-order valence-corrected chi connectivity index (χ4v) is 1.07. The molecule has 76 valence electrons. The van der Waals surface area contributed by atoms with Crippen molar-refractivity contribution in [3.8, 4) is 0 Å². The predicted molar refractivity (Wildman–Crippen MR) is 48.7 cm³/mol. The molecule has 1 N–H and O–H groups in total. The van der Waals surface area contributed by atoms with Crippen molar-refractivity contribution in [2.75, 3.05) is 0 Å². The number of non-ortho nitro benzene ring substituents is 1. The number of nitrogens with zero attached hydrogens (tertiary/aromatic N) is 1. The van der Waals surface area contributed by atoms with E-state index in [2.05, 4.69) is 4.18 Å². The van der Waals surface area contributed by atoms with Gasteiger partial charge in [-0.05, 0) is 17.7 Å². The zero-order chi connectivity index (χ0) is 10.6. The van der Waals surface area contributed by atoms with Gasteiger partial charge < -0.3 is 0 Å². The number of benzene rings is 1. The minimum atomic E-state index is -2.31. The first-order chi connectivity index (χ1) is 6.59. The van der Waals surface area contributed by atoms with Crippen molar-refractivity contribution in [3.05, 3.63) is 39.9 Å². The van der Waals surface area contributed by atoms with Gasteiger partial charge in [-0.2, -0.15) is 4.21 Å². The third kappa shape index (κ3) is 3.21. The van der Waals surface area contributed by atoms with Crippen molar-refractivity contribution in [2.24, 2.45) is 0 Å². The van der Waals surface area contributed by atoms with E-state index in [1.54, 1.807) is 0 Å². The minimum Gasteiger partial charge on any atom is -0.284 e. The van der Waals surface area contributed by atoms with Crippen molar-refractivity contribution in [1.29, 1.82) is 0 Å². The molecule has 1 atom stereocenters. The molecule has 0 aliphatic rings. The standard InChI is InChI=1S/C7H7NO5S/c9-8(10)7-3-1-6(2-4-7)5-13-14(11)12/h1-4H,5H2,(H,11,12). The van der Waals surface area contributed by atoms with E-state index in [9.17, 15) is 14.3 Å². The average molecular weight is 217 g/mol. The van der Waals surface area contributed by atoms with Crippen LogP contribution in [0.1, 0.15) is 5.56 Å². The molecule has 0 amide bonds. The number of hydrogen-bond acceptors (Lipinski definition) is 4. The second-order valence-electron chi connectivity index (χ2n) is 2.40. The fourth-order valence-electron chi connectivity index (χ4n) is 0.832. The Balaban J connectivity index is 2.64. The number of hydrogen-bond donors (Lipinski definition) is 1. The van der Waals surface area contributed by atoms with Crippen LogP contribution < -0.4 is 0 Å². The summed E-state index contributed by atoms with van der Waals surface area (Å²) in [5.74, 6) is 0. The van der Waals surface area contributed by atoms with Gasteiger partial charge in [0.25, 0.3) is 5.69 Å². The first-order valence-electron chi connectivity index (χ1n) is 3.57. The predicted octanol–water partition coefficient (Wildman–Crippen LogP) is 1.25. The van der Waals surface area contributed by atoms with Crippen LogP contribution >= 0.6 is 0 Å². The van der Waals surface area contributed by atoms with Crippen LogP contribution in [0.15, 0.2) is 24.3 Å². The quantitative estimate of drug-likeness (QED) is 0.465. The summed E-state index contributed by atoms with van der Waals surface area (Å²) in [4.78, 5) is 9.74. The van der Waals surface area contributed by atoms with Gasteiger partial charge in [-0.15, -0.1) is 0 Å². The Labute approximate surface area is 82.1 Å². The van der Waals surface area contributed by atoms with Crippen molar-refractivity contribution in [1.82, 2.24) is 0 Å². The molecule has 0 saturated heterocycles. The lowest BCUT2D eigenvalue weighted by Crippen LogP contribution is -1.96. The average Bonchev–Trinajstić information content (AvgIpc) is 2.15. The van der Waals surface area contributed by atoms with Crippen molar-refractivity contribution < 1.29 is 17.9 Å². The third-order valence-electron chi connectivity index (χ3n) is 1.47. The molecule has 1 rings (SSSR count). The van der Waals surface area contributed by atoms with E-state index in [-0.39, 0.29) is 12.3 Å². The maximum atomic E-state index is 10.3. The number of nitro groups is 1. The highest BCUT2D eigenvalue weighted by Crippen LogP contribution is 2.12. The Bertz CT molecular complexity index is 350. The molecule has 1 aromatic carbocycles. The number of rotatable bonds is 4. The van der Waals surface area contributed by atoms with Gasteiger partial charge >= 0.3 is 11.4 Å². The SMILES string of the molecule is O=[N+]([O-])c1ccc(COS(=O)O)cc1. The minimum absolute atomic E-state index is 0.0288. The topological polar surface area (TPSA) is 89.7 Å². The molecular weight excluding hydrogens is 210 g/mol. The van der Waals surface area contributed by atoms with Crippen molar-refractivity contribution in [3.63, 3.8) is 0 Å². The zero-order valence-corrected chi connectivity index (χ0v) is 7.77. The van der Waals surface area contributed by atoms with Gasteiger partial charge in [0.2, 0.25) is 0 Å². The molecule has 0 aromatic heterocycles. The molecule has 1 aromatic rings. The summed E-state index contributed by atoms with van der Waals surface area (Å²) in [7, 11) is 0. The van der Waals surface area contributed by atoms with Crippen LogP contribution in [0.2, 0.25) is 0 Å². The highest BCUT2D eigenvalue weighted by atomic mass is 32.2. The molecule has 6 nitrogen and oxygen atoms in total. The maximum absolute atomic E-state index is 10.3. The molecule has 0 fully saturated rings. The van der Waals surface area contributed by atoms with Crippen LogP contribution in [0, 0.1) is 10.1 Å². The van der Waals surface area contributed by atoms with Crippen molar-refractivity contribution >= 4 is 17.0 Å². The number of nitro benzene ring substituents is 1. The van der Waals surface area contributed by atoms with Crippen LogP contribution in [0.4, 0.5) is 5.69 Å². The highest BCUT2D eigenvalue weighted by Gasteiger charge is 2.04.